The number of hydrogen-bond acceptors (Lipinski definition) is 9. The fourth-order valence-corrected chi connectivity index (χ4v) is 3.49. The number of hydrogen-bond donors (Lipinski definition) is 2. The van der Waals surface area contributed by atoms with Crippen molar-refractivity contribution in [3.63, 3.8) is 0 Å². The smallest absolute Gasteiger partial charge is 0.253 e. The van der Waals surface area contributed by atoms with Crippen molar-refractivity contribution in [3.05, 3.63) is 35.9 Å². The molecule has 1 aromatic carbocycles. The topological polar surface area (TPSA) is 137 Å². The molecule has 3 rings (SSSR count). The van der Waals surface area contributed by atoms with Gasteiger partial charge in [0.25, 0.3) is 5.89 Å². The molecule has 9 nitrogen and oxygen atoms in total. The van der Waals surface area contributed by atoms with Gasteiger partial charge in [0.2, 0.25) is 11.8 Å². The maximum absolute atomic E-state index is 11.7. The average Bonchev–Trinajstić information content (AvgIpc) is 3.03. The number of aromatic nitrogens is 4. The first kappa shape index (κ1) is 19.7. The van der Waals surface area contributed by atoms with Gasteiger partial charge in [0.15, 0.2) is 9.84 Å². The summed E-state index contributed by atoms with van der Waals surface area (Å²) in [5.41, 5.74) is 7.47. The summed E-state index contributed by atoms with van der Waals surface area (Å²) in [6.45, 7) is 7.62. The summed E-state index contributed by atoms with van der Waals surface area (Å²) < 4.78 is 29.1. The molecule has 3 N–H and O–H groups in total. The fraction of sp³-hybridized carbons (Fsp3) is 0.333. The van der Waals surface area contributed by atoms with E-state index in [4.69, 9.17) is 10.2 Å². The number of nitrogens with one attached hydrogen (secondary N) is 1. The number of nitrogens with two attached hydrogens (primary N) is 1. The second-order valence-electron chi connectivity index (χ2n) is 7.53. The van der Waals surface area contributed by atoms with E-state index in [0.717, 1.165) is 0 Å². The lowest BCUT2D eigenvalue weighted by molar-refractivity contribution is 0.399. The monoisotopic (exact) mass is 402 g/mol. The van der Waals surface area contributed by atoms with Gasteiger partial charge in [-0.05, 0) is 30.7 Å². The first-order valence-electron chi connectivity index (χ1n) is 8.50. The zero-order chi connectivity index (χ0) is 20.7. The van der Waals surface area contributed by atoms with Crippen LogP contribution in [0.25, 0.3) is 11.5 Å². The maximum atomic E-state index is 11.7. The second kappa shape index (κ2) is 6.86. The molecule has 0 saturated carbocycles. The molecule has 0 amide bonds. The van der Waals surface area contributed by atoms with Crippen molar-refractivity contribution in [2.75, 3.05) is 17.3 Å². The van der Waals surface area contributed by atoms with Crippen LogP contribution in [0.5, 0.6) is 0 Å². The molecule has 0 aliphatic carbocycles. The molecule has 3 aromatic rings. The minimum Gasteiger partial charge on any atom is -0.420 e. The molecule has 0 saturated heterocycles. The Kier molecular flexibility index (Phi) is 4.84. The lowest BCUT2D eigenvalue weighted by atomic mass is 9.97. The van der Waals surface area contributed by atoms with Crippen LogP contribution in [0.3, 0.4) is 0 Å². The van der Waals surface area contributed by atoms with E-state index in [1.165, 1.54) is 18.5 Å². The van der Waals surface area contributed by atoms with Gasteiger partial charge in [-0.2, -0.15) is 4.98 Å². The first-order valence-corrected chi connectivity index (χ1v) is 10.4. The van der Waals surface area contributed by atoms with Crippen LogP contribution in [0.1, 0.15) is 32.2 Å². The Morgan fingerprint density at radius 1 is 1.18 bits per heavy atom. The van der Waals surface area contributed by atoms with Gasteiger partial charge in [0.05, 0.1) is 10.5 Å². The Bertz CT molecular complexity index is 1130. The van der Waals surface area contributed by atoms with Crippen molar-refractivity contribution >= 4 is 27.3 Å². The molecule has 0 aliphatic rings. The van der Waals surface area contributed by atoms with Gasteiger partial charge in [-0.15, -0.1) is 10.2 Å². The quantitative estimate of drug-likeness (QED) is 0.674. The number of benzene rings is 1. The van der Waals surface area contributed by atoms with E-state index in [1.54, 1.807) is 19.1 Å². The van der Waals surface area contributed by atoms with Crippen molar-refractivity contribution < 1.29 is 12.8 Å². The Hall–Kier alpha value is -3.01. The van der Waals surface area contributed by atoms with Gasteiger partial charge in [0, 0.05) is 23.6 Å². The molecule has 0 aliphatic heterocycles. The summed E-state index contributed by atoms with van der Waals surface area (Å²) in [6, 6.07) is 4.89. The summed E-state index contributed by atoms with van der Waals surface area (Å²) >= 11 is 0. The highest BCUT2D eigenvalue weighted by molar-refractivity contribution is 7.90. The Morgan fingerprint density at radius 3 is 2.43 bits per heavy atom. The molecule has 10 heteroatoms. The molecule has 0 spiro atoms. The third kappa shape index (κ3) is 4.11. The van der Waals surface area contributed by atoms with Crippen molar-refractivity contribution in [1.82, 2.24) is 20.2 Å². The largest absolute Gasteiger partial charge is 0.420 e. The van der Waals surface area contributed by atoms with Gasteiger partial charge in [-0.3, -0.25) is 0 Å². The van der Waals surface area contributed by atoms with Crippen molar-refractivity contribution in [1.29, 1.82) is 0 Å². The van der Waals surface area contributed by atoms with Gasteiger partial charge in [-0.1, -0.05) is 20.8 Å². The highest BCUT2D eigenvalue weighted by Crippen LogP contribution is 2.28. The lowest BCUT2D eigenvalue weighted by Gasteiger charge is -2.11. The number of nitrogen functional groups attached to an aromatic ring is 1. The molecular formula is C18H22N6O3S. The summed E-state index contributed by atoms with van der Waals surface area (Å²) in [6.07, 6.45) is 2.68. The third-order valence-corrected chi connectivity index (χ3v) is 5.20. The van der Waals surface area contributed by atoms with Crippen LogP contribution in [0.4, 0.5) is 17.5 Å². The van der Waals surface area contributed by atoms with Gasteiger partial charge in [-0.25, -0.2) is 13.4 Å². The molecule has 0 unspecified atom stereocenters. The van der Waals surface area contributed by atoms with Crippen LogP contribution in [0.2, 0.25) is 0 Å². The Morgan fingerprint density at radius 2 is 1.89 bits per heavy atom. The lowest BCUT2D eigenvalue weighted by Crippen LogP contribution is -2.11. The van der Waals surface area contributed by atoms with E-state index in [0.29, 0.717) is 22.7 Å². The van der Waals surface area contributed by atoms with Crippen LogP contribution in [0.15, 0.2) is 33.7 Å². The molecule has 0 atom stereocenters. The summed E-state index contributed by atoms with van der Waals surface area (Å²) in [4.78, 5) is 8.74. The highest BCUT2D eigenvalue weighted by Gasteiger charge is 2.23. The van der Waals surface area contributed by atoms with Crippen molar-refractivity contribution in [3.8, 4) is 11.5 Å². The minimum atomic E-state index is -3.28. The van der Waals surface area contributed by atoms with Crippen molar-refractivity contribution in [2.45, 2.75) is 38.0 Å². The van der Waals surface area contributed by atoms with Crippen LogP contribution in [-0.4, -0.2) is 34.8 Å². The maximum Gasteiger partial charge on any atom is 0.253 e. The predicted molar refractivity (Wildman–Crippen MR) is 106 cm³/mol. The van der Waals surface area contributed by atoms with Crippen LogP contribution in [-0.2, 0) is 15.3 Å². The number of rotatable bonds is 4. The van der Waals surface area contributed by atoms with E-state index in [1.807, 2.05) is 20.8 Å². The highest BCUT2D eigenvalue weighted by atomic mass is 32.2. The van der Waals surface area contributed by atoms with E-state index in [2.05, 4.69) is 25.5 Å². The minimum absolute atomic E-state index is 0.186. The summed E-state index contributed by atoms with van der Waals surface area (Å²) in [5.74, 6) is 1.20. The van der Waals surface area contributed by atoms with Gasteiger partial charge >= 0.3 is 0 Å². The number of nitrogens with zero attached hydrogens (tertiary/aromatic N) is 4. The van der Waals surface area contributed by atoms with Crippen molar-refractivity contribution in [2.24, 2.45) is 0 Å². The zero-order valence-electron chi connectivity index (χ0n) is 16.3. The first-order chi connectivity index (χ1) is 12.9. The Labute approximate surface area is 163 Å². The number of anilines is 3. The number of aryl methyl sites for hydroxylation is 1. The predicted octanol–water partition coefficient (Wildman–Crippen LogP) is 2.86. The van der Waals surface area contributed by atoms with Crippen LogP contribution < -0.4 is 11.1 Å². The second-order valence-corrected chi connectivity index (χ2v) is 9.52. The van der Waals surface area contributed by atoms with E-state index in [9.17, 15) is 8.42 Å². The molecule has 2 heterocycles. The summed E-state index contributed by atoms with van der Waals surface area (Å²) in [5, 5.41) is 11.1. The van der Waals surface area contributed by atoms with Crippen LogP contribution >= 0.6 is 0 Å². The van der Waals surface area contributed by atoms with E-state index >= 15 is 0 Å². The fourth-order valence-electron chi connectivity index (χ4n) is 2.53. The Balaban J connectivity index is 1.85. The molecular weight excluding hydrogens is 380 g/mol. The molecule has 0 radical (unpaired) electrons. The van der Waals surface area contributed by atoms with E-state index in [-0.39, 0.29) is 28.0 Å². The van der Waals surface area contributed by atoms with Gasteiger partial charge < -0.3 is 15.5 Å². The standard InChI is InChI=1S/C18H22N6O3S/c1-10-8-11(6-7-13(10)28(5,25)26)21-17-20-9-12(14(19)22-17)15-23-24-16(27-15)18(2,3)4/h6-9H,1-5H3,(H3,19,20,21,22). The summed E-state index contributed by atoms with van der Waals surface area (Å²) in [7, 11) is -3.28. The zero-order valence-corrected chi connectivity index (χ0v) is 17.1. The molecule has 0 bridgehead atoms. The molecule has 2 aromatic heterocycles. The van der Waals surface area contributed by atoms with Crippen LogP contribution in [0, 0.1) is 6.92 Å². The average molecular weight is 402 g/mol. The van der Waals surface area contributed by atoms with Gasteiger partial charge in [0.1, 0.15) is 5.82 Å². The SMILES string of the molecule is Cc1cc(Nc2ncc(-c3nnc(C(C)(C)C)o3)c(N)n2)ccc1S(C)(=O)=O. The molecule has 0 fully saturated rings. The third-order valence-electron chi connectivity index (χ3n) is 3.95. The van der Waals surface area contributed by atoms with E-state index < -0.39 is 9.84 Å². The number of sulfone groups is 1. The normalized spacial score (nSPS) is 12.2. The molecule has 148 valence electrons. The molecule has 28 heavy (non-hydrogen) atoms.